The van der Waals surface area contributed by atoms with E-state index in [-0.39, 0.29) is 96.9 Å². The molecule has 9 aliphatic rings. The number of halogens is 2. The number of carbonyl (C=O) groups is 7. The van der Waals surface area contributed by atoms with E-state index in [0.717, 1.165) is 94.1 Å². The van der Waals surface area contributed by atoms with Crippen molar-refractivity contribution in [3.8, 4) is 34.5 Å². The molecule has 9 aliphatic heterocycles. The van der Waals surface area contributed by atoms with Crippen LogP contribution in [0.15, 0.2) is 151 Å². The third-order valence-corrected chi connectivity index (χ3v) is 24.8. The number of anilines is 3. The van der Waals surface area contributed by atoms with Gasteiger partial charge in [-0.2, -0.15) is 0 Å². The van der Waals surface area contributed by atoms with Gasteiger partial charge in [0.25, 0.3) is 11.8 Å². The smallest absolute Gasteiger partial charge is 0.416 e. The molecule has 8 aromatic rings. The van der Waals surface area contributed by atoms with Crippen LogP contribution in [0.5, 0.6) is 34.5 Å². The van der Waals surface area contributed by atoms with Gasteiger partial charge < -0.3 is 81.8 Å². The molecule has 28 heteroatoms. The predicted molar refractivity (Wildman–Crippen MR) is 453 cm³/mol. The van der Waals surface area contributed by atoms with Crippen molar-refractivity contribution < 1.29 is 76.2 Å². The highest BCUT2D eigenvalue weighted by Gasteiger charge is 2.49. The van der Waals surface area contributed by atoms with Crippen molar-refractivity contribution in [2.24, 2.45) is 4.99 Å². The minimum atomic E-state index is -0.990. The molecule has 8 aromatic carbocycles. The van der Waals surface area contributed by atoms with E-state index in [2.05, 4.69) is 28.5 Å². The lowest BCUT2D eigenvalue weighted by atomic mass is 9.92. The van der Waals surface area contributed by atoms with Gasteiger partial charge in [0.15, 0.2) is 35.5 Å². The molecule has 6 atom stereocenters. The Hall–Kier alpha value is -11.0. The summed E-state index contributed by atoms with van der Waals surface area (Å²) in [4.78, 5) is 118. The number of alkyl halides is 2. The molecule has 9 heterocycles. The van der Waals surface area contributed by atoms with Crippen molar-refractivity contribution in [3.05, 3.63) is 191 Å². The van der Waals surface area contributed by atoms with E-state index in [9.17, 15) is 33.6 Å². The zero-order chi connectivity index (χ0) is 82.5. The second-order valence-corrected chi connectivity index (χ2v) is 32.1. The number of rotatable bonds is 20. The van der Waals surface area contributed by atoms with Crippen molar-refractivity contribution in [2.75, 3.05) is 147 Å². The van der Waals surface area contributed by atoms with Crippen LogP contribution in [-0.4, -0.2) is 234 Å². The van der Waals surface area contributed by atoms with Crippen molar-refractivity contribution in [1.82, 2.24) is 29.4 Å². The van der Waals surface area contributed by atoms with Crippen LogP contribution >= 0.6 is 23.2 Å². The number of hydrogen-bond acceptors (Lipinski definition) is 19. The Morgan fingerprint density at radius 2 is 1.03 bits per heavy atom. The molecule has 119 heavy (non-hydrogen) atoms. The second-order valence-electron chi connectivity index (χ2n) is 31.5. The second kappa shape index (κ2) is 36.3. The van der Waals surface area contributed by atoms with Gasteiger partial charge in [-0.25, -0.2) is 19.3 Å². The maximum atomic E-state index is 14.8. The monoisotopic (exact) mass is 1660 g/mol. The van der Waals surface area contributed by atoms with Crippen molar-refractivity contribution in [3.63, 3.8) is 0 Å². The minimum Gasteiger partial charge on any atom is -0.493 e. The highest BCUT2D eigenvalue weighted by Crippen LogP contribution is 2.50. The first-order chi connectivity index (χ1) is 58.0. The van der Waals surface area contributed by atoms with Crippen LogP contribution in [0.4, 0.5) is 37.1 Å². The number of hydrogen-bond donors (Lipinski definition) is 0. The van der Waals surface area contributed by atoms with Gasteiger partial charge in [-0.15, -0.1) is 23.2 Å². The first-order valence-corrected chi connectivity index (χ1v) is 42.0. The van der Waals surface area contributed by atoms with Crippen molar-refractivity contribution >= 4 is 116 Å². The van der Waals surface area contributed by atoms with Gasteiger partial charge in [0.1, 0.15) is 18.1 Å². The highest BCUT2D eigenvalue weighted by molar-refractivity contribution is 6.20. The molecule has 2 unspecified atom stereocenters. The summed E-state index contributed by atoms with van der Waals surface area (Å²) in [7, 11) is 7.09. The van der Waals surface area contributed by atoms with Crippen LogP contribution in [0.3, 0.4) is 0 Å². The lowest BCUT2D eigenvalue weighted by Gasteiger charge is -2.43. The molecule has 0 radical (unpaired) electrons. The molecule has 0 saturated carbocycles. The number of amides is 7. The van der Waals surface area contributed by atoms with Crippen molar-refractivity contribution in [1.29, 1.82) is 0 Å². The molecule has 3 fully saturated rings. The number of likely N-dealkylation sites (N-methyl/N-ethyl adjacent to an activating group) is 2. The summed E-state index contributed by atoms with van der Waals surface area (Å²) in [6.45, 7) is 11.6. The van der Waals surface area contributed by atoms with E-state index < -0.39 is 36.8 Å². The van der Waals surface area contributed by atoms with E-state index in [0.29, 0.717) is 143 Å². The third-order valence-electron chi connectivity index (χ3n) is 24.0. The van der Waals surface area contributed by atoms with Gasteiger partial charge in [-0.05, 0) is 115 Å². The van der Waals surface area contributed by atoms with Crippen LogP contribution in [0.1, 0.15) is 111 Å². The summed E-state index contributed by atoms with van der Waals surface area (Å²) in [5.74, 6) is 2.08. The minimum absolute atomic E-state index is 0.0670. The Morgan fingerprint density at radius 1 is 0.546 bits per heavy atom. The topological polar surface area (TPSA) is 244 Å². The number of fused-ring (bicyclic) bond motifs is 12. The summed E-state index contributed by atoms with van der Waals surface area (Å²) in [5, 5.41) is 3.40. The Labute approximate surface area is 701 Å². The van der Waals surface area contributed by atoms with E-state index in [4.69, 9.17) is 70.8 Å². The zero-order valence-corrected chi connectivity index (χ0v) is 68.9. The molecule has 0 aromatic heterocycles. The Bertz CT molecular complexity index is 5240. The normalized spacial score (nSPS) is 20.6. The molecule has 7 amide bonds. The fourth-order valence-electron chi connectivity index (χ4n) is 17.6. The standard InChI is InChI=1S/C50H56ClN5O10.C41H42ClN5O6/c1-4-22-64-50(60)56-38-27-43(42(61-3)26-37(38)47(58)55-30-33-13-6-5-12-32(33)25-40(55)48(56)66-45-17-9-10-23-63-45)62-24-11-16-44(57)54-31-34(29-51)46-36-15-8-7-14-35(36)41(28-39(46)54)65-49(59)53-20-18-52(2)19-21-53;1-44-13-15-45(16-14-44)41(50)53-35-21-34-39(31-11-6-5-10-30(31)35)28(22-42)25-47(34)38(48)12-7-17-52-37-20-33-32(19-36(37)51-2)40(49)46-24-27-9-4-3-8-26(27)18-29(46)23-43-33/h4-8,12-15,26-28,34,40,45,48H,1,9-11,16-25,29-31H2,2-3H3;3-6,8-11,19-21,23,28-29H,7,12-18,22,24-25H2,1-2H3/t34-,40+,45?,48?;28-,29+/m11/s1. The quantitative estimate of drug-likeness (QED) is 0.0391. The number of ether oxygens (including phenoxy) is 9. The van der Waals surface area contributed by atoms with Crippen LogP contribution < -0.4 is 43.1 Å². The van der Waals surface area contributed by atoms with E-state index in [1.165, 1.54) is 23.6 Å². The maximum Gasteiger partial charge on any atom is 0.416 e. The maximum absolute atomic E-state index is 14.8. The van der Waals surface area contributed by atoms with Crippen LogP contribution in [0.25, 0.3) is 21.5 Å². The molecule has 0 aliphatic carbocycles. The number of aliphatic imine (C=N–C) groups is 1. The summed E-state index contributed by atoms with van der Waals surface area (Å²) >= 11 is 13.1. The number of carbonyl (C=O) groups excluding carboxylic acids is 7. The van der Waals surface area contributed by atoms with Crippen LogP contribution in [-0.2, 0) is 49.7 Å². The molecular weight excluding hydrogens is 1560 g/mol. The molecule has 17 rings (SSSR count). The predicted octanol–water partition coefficient (Wildman–Crippen LogP) is 14.1. The molecule has 26 nitrogen and oxygen atoms in total. The molecule has 0 N–H and O–H groups in total. The lowest BCUT2D eigenvalue weighted by Crippen LogP contribution is -2.58. The van der Waals surface area contributed by atoms with Gasteiger partial charge in [0, 0.05) is 163 Å². The largest absolute Gasteiger partial charge is 0.493 e. The number of methoxy groups -OCH3 is 2. The van der Waals surface area contributed by atoms with E-state index in [1.54, 1.807) is 61.9 Å². The summed E-state index contributed by atoms with van der Waals surface area (Å²) in [5.41, 5.74) is 9.19. The molecule has 622 valence electrons. The number of benzene rings is 8. The van der Waals surface area contributed by atoms with E-state index in [1.807, 2.05) is 116 Å². The number of piperazine rings is 2. The van der Waals surface area contributed by atoms with Gasteiger partial charge in [-0.3, -0.25) is 24.2 Å². The molecular formula is C91H98Cl2N10O16. The molecule has 0 bridgehead atoms. The molecule has 0 spiro atoms. The average Bonchev–Trinajstić information content (AvgIpc) is 1.62. The van der Waals surface area contributed by atoms with Gasteiger partial charge in [0.2, 0.25) is 11.8 Å². The Kier molecular flexibility index (Phi) is 24.9. The SMILES string of the molecule is C=CCOC(=O)N1c2cc(OCCCC(=O)N3C[C@@H](CCl)c4c3cc(OC(=O)N3CCN(C)CC3)c3ccccc43)c(OC)cc2C(=O)N2Cc3ccccc3C[C@H]2C1OC1CCCCO1.COc1cc2c(cc1OCCCC(=O)N1C[C@@H](CCl)c3c1cc(OC(=O)N1CCN(C)CC1)c1ccccc31)N=C[C@@H]1Cc3ccccc3CN1C2=O. The fraction of sp³-hybridized carbons (Fsp3) is 0.407. The van der Waals surface area contributed by atoms with Crippen LogP contribution in [0.2, 0.25) is 0 Å². The Morgan fingerprint density at radius 3 is 1.55 bits per heavy atom. The lowest BCUT2D eigenvalue weighted by molar-refractivity contribution is -0.197. The first kappa shape index (κ1) is 81.7. The van der Waals surface area contributed by atoms with Gasteiger partial charge in [-0.1, -0.05) is 110 Å². The summed E-state index contributed by atoms with van der Waals surface area (Å²) in [6.07, 6.45) is 4.85. The van der Waals surface area contributed by atoms with Gasteiger partial charge in [0.05, 0.1) is 73.4 Å². The Balaban J connectivity index is 0.000000182. The third kappa shape index (κ3) is 16.9. The summed E-state index contributed by atoms with van der Waals surface area (Å²) < 4.78 is 54.6. The average molecular weight is 1660 g/mol. The fourth-order valence-corrected chi connectivity index (χ4v) is 18.1. The molecule has 3 saturated heterocycles. The first-order valence-electron chi connectivity index (χ1n) is 41.0. The van der Waals surface area contributed by atoms with Gasteiger partial charge >= 0.3 is 18.3 Å². The highest BCUT2D eigenvalue weighted by atomic mass is 35.5. The number of nitrogens with zero attached hydrogens (tertiary/aromatic N) is 10. The van der Waals surface area contributed by atoms with E-state index >= 15 is 0 Å². The van der Waals surface area contributed by atoms with Crippen LogP contribution in [0, 0.1) is 0 Å². The summed E-state index contributed by atoms with van der Waals surface area (Å²) in [6, 6.07) is 41.2. The van der Waals surface area contributed by atoms with Crippen molar-refractivity contribution in [2.45, 2.75) is 107 Å². The zero-order valence-electron chi connectivity index (χ0n) is 67.4.